The predicted molar refractivity (Wildman–Crippen MR) is 426 cm³/mol. The van der Waals surface area contributed by atoms with Gasteiger partial charge in [0.25, 0.3) is 0 Å². The van der Waals surface area contributed by atoms with Gasteiger partial charge in [-0.15, -0.1) is 0 Å². The summed E-state index contributed by atoms with van der Waals surface area (Å²) >= 11 is 0. The maximum Gasteiger partial charge on any atom is 0.472 e. The summed E-state index contributed by atoms with van der Waals surface area (Å²) in [7, 11) is -9.79. The fraction of sp³-hybridized carbons (Fsp3) is 0.706. The molecular formula is C85H146O16P2. The standard InChI is InChI=1S/C85H146O16P2/c1-4-7-10-13-16-19-22-24-26-28-30-32-33-34-35-36-37-38-39-40-41-42-43-44-45-47-49-50-52-54-57-59-62-65-68-71-83(88)95-74-80(86)75-97-102(91,92)98-76-81(87)77-99-103(93,94)100-79-82(101-85(90)73-70-67-64-61-56-21-18-15-12-9-6-3)78-96-84(89)72-69-66-63-60-58-55-53-51-48-46-31-29-27-25-23-20-17-14-11-8-5-2/h7-8,10-11,15-20,24-27,30-32,34-35,46,51,53,80-82,86-87H,4-6,9,12-14,21-23,28-29,33,36-45,47-50,52,54-79H2,1-3H3,(H,91,92)(H,93,94)/b10-7-,11-8-,18-15-,19-16-,20-17-,26-24-,27-25-,32-30-,35-34-,46-31-,53-51-. The SMILES string of the molecule is CC/C=C\C/C=C\C/C=C\C/C=C\C/C=C\CCCCCCCCCCCCCCCCCCCCCC(=O)OCC(O)COP(=O)(O)OCC(O)COP(=O)(O)OCC(COC(=O)CCCCCCC/C=C\C/C=C\C/C=C\C/C=C\C/C=C\CC)OC(=O)CCCCCCC/C=C\CCCC. The summed E-state index contributed by atoms with van der Waals surface area (Å²) in [6.45, 7) is 2.39. The molecule has 16 nitrogen and oxygen atoms in total. The van der Waals surface area contributed by atoms with Crippen LogP contribution in [0.5, 0.6) is 0 Å². The number of esters is 3. The molecular weight excluding hydrogens is 1340 g/mol. The van der Waals surface area contributed by atoms with Crippen molar-refractivity contribution in [2.24, 2.45) is 0 Å². The largest absolute Gasteiger partial charge is 0.472 e. The van der Waals surface area contributed by atoms with E-state index >= 15 is 0 Å². The van der Waals surface area contributed by atoms with Crippen molar-refractivity contribution in [3.8, 4) is 0 Å². The van der Waals surface area contributed by atoms with E-state index in [0.29, 0.717) is 19.3 Å². The summed E-state index contributed by atoms with van der Waals surface area (Å²) < 4.78 is 61.0. The molecule has 0 spiro atoms. The molecule has 0 amide bonds. The van der Waals surface area contributed by atoms with Gasteiger partial charge in [-0.05, 0) is 128 Å². The predicted octanol–water partition coefficient (Wildman–Crippen LogP) is 23.9. The zero-order valence-corrected chi connectivity index (χ0v) is 66.5. The van der Waals surface area contributed by atoms with Gasteiger partial charge in [0.1, 0.15) is 25.4 Å². The average Bonchev–Trinajstić information content (AvgIpc) is 0.913. The van der Waals surface area contributed by atoms with E-state index in [1.165, 1.54) is 116 Å². The Morgan fingerprint density at radius 1 is 0.282 bits per heavy atom. The highest BCUT2D eigenvalue weighted by Gasteiger charge is 2.29. The van der Waals surface area contributed by atoms with E-state index in [2.05, 4.69) is 154 Å². The van der Waals surface area contributed by atoms with Gasteiger partial charge in [-0.1, -0.05) is 315 Å². The first kappa shape index (κ1) is 98.7. The van der Waals surface area contributed by atoms with Gasteiger partial charge in [0.05, 0.1) is 26.4 Å². The molecule has 592 valence electrons. The van der Waals surface area contributed by atoms with E-state index in [9.17, 15) is 43.5 Å². The van der Waals surface area contributed by atoms with Crippen molar-refractivity contribution >= 4 is 33.6 Å². The van der Waals surface area contributed by atoms with Crippen LogP contribution in [0, 0.1) is 0 Å². The van der Waals surface area contributed by atoms with E-state index in [1.807, 2.05) is 0 Å². The number of aliphatic hydroxyl groups is 2. The number of carbonyl (C=O) groups is 3. The number of phosphoric acid groups is 2. The zero-order chi connectivity index (χ0) is 75.2. The second-order valence-electron chi connectivity index (χ2n) is 26.8. The van der Waals surface area contributed by atoms with Crippen molar-refractivity contribution in [2.75, 3.05) is 39.6 Å². The molecule has 0 aromatic carbocycles. The Balaban J connectivity index is 4.34. The highest BCUT2D eigenvalue weighted by atomic mass is 31.2. The van der Waals surface area contributed by atoms with E-state index in [4.69, 9.17) is 32.3 Å². The number of ether oxygens (including phenoxy) is 3. The Morgan fingerprint density at radius 2 is 0.515 bits per heavy atom. The lowest BCUT2D eigenvalue weighted by Crippen LogP contribution is -2.30. The number of aliphatic hydroxyl groups excluding tert-OH is 2. The lowest BCUT2D eigenvalue weighted by atomic mass is 10.0. The summed E-state index contributed by atoms with van der Waals surface area (Å²) in [5.41, 5.74) is 0. The van der Waals surface area contributed by atoms with Crippen LogP contribution in [0.2, 0.25) is 0 Å². The quantitative estimate of drug-likeness (QED) is 0.0146. The van der Waals surface area contributed by atoms with Gasteiger partial charge in [-0.3, -0.25) is 32.5 Å². The molecule has 0 saturated heterocycles. The Morgan fingerprint density at radius 3 is 0.825 bits per heavy atom. The van der Waals surface area contributed by atoms with Crippen molar-refractivity contribution < 1.29 is 75.8 Å². The fourth-order valence-corrected chi connectivity index (χ4v) is 12.3. The molecule has 0 heterocycles. The molecule has 0 fully saturated rings. The molecule has 0 aromatic rings. The third-order valence-electron chi connectivity index (χ3n) is 16.8. The first-order chi connectivity index (χ1) is 50.2. The maximum atomic E-state index is 12.9. The van der Waals surface area contributed by atoms with E-state index in [1.54, 1.807) is 0 Å². The van der Waals surface area contributed by atoms with Gasteiger partial charge in [-0.25, -0.2) is 9.13 Å². The Hall–Kier alpha value is -4.31. The molecule has 0 radical (unpaired) electrons. The molecule has 0 bridgehead atoms. The maximum absolute atomic E-state index is 12.9. The number of hydrogen-bond donors (Lipinski definition) is 4. The topological polar surface area (TPSA) is 231 Å². The van der Waals surface area contributed by atoms with Gasteiger partial charge in [0.2, 0.25) is 0 Å². The summed E-state index contributed by atoms with van der Waals surface area (Å²) in [6.07, 6.45) is 93.9. The molecule has 103 heavy (non-hydrogen) atoms. The number of hydrogen-bond acceptors (Lipinski definition) is 14. The molecule has 4 N–H and O–H groups in total. The second kappa shape index (κ2) is 77.3. The molecule has 0 rings (SSSR count). The van der Waals surface area contributed by atoms with Crippen LogP contribution >= 0.6 is 15.6 Å². The highest BCUT2D eigenvalue weighted by Crippen LogP contribution is 2.45. The van der Waals surface area contributed by atoms with Crippen molar-refractivity contribution in [3.63, 3.8) is 0 Å². The van der Waals surface area contributed by atoms with Crippen LogP contribution < -0.4 is 0 Å². The van der Waals surface area contributed by atoms with Crippen LogP contribution in [-0.4, -0.2) is 95.9 Å². The molecule has 5 atom stereocenters. The monoisotopic (exact) mass is 1490 g/mol. The first-order valence-electron chi connectivity index (χ1n) is 40.5. The van der Waals surface area contributed by atoms with Crippen molar-refractivity contribution in [1.82, 2.24) is 0 Å². The second-order valence-corrected chi connectivity index (χ2v) is 29.7. The normalized spacial score (nSPS) is 14.7. The highest BCUT2D eigenvalue weighted by molar-refractivity contribution is 7.47. The number of carbonyl (C=O) groups excluding carboxylic acids is 3. The fourth-order valence-electron chi connectivity index (χ4n) is 10.7. The van der Waals surface area contributed by atoms with Crippen LogP contribution in [0.3, 0.4) is 0 Å². The van der Waals surface area contributed by atoms with Gasteiger partial charge in [0, 0.05) is 19.3 Å². The minimum Gasteiger partial charge on any atom is -0.463 e. The minimum atomic E-state index is -4.93. The molecule has 5 unspecified atom stereocenters. The molecule has 0 aliphatic carbocycles. The first-order valence-corrected chi connectivity index (χ1v) is 43.5. The van der Waals surface area contributed by atoms with Crippen LogP contribution in [0.4, 0.5) is 0 Å². The number of rotatable bonds is 76. The van der Waals surface area contributed by atoms with Gasteiger partial charge >= 0.3 is 33.6 Å². The van der Waals surface area contributed by atoms with Crippen molar-refractivity contribution in [2.45, 2.75) is 347 Å². The third kappa shape index (κ3) is 78.6. The summed E-state index contributed by atoms with van der Waals surface area (Å²) in [4.78, 5) is 58.5. The third-order valence-corrected chi connectivity index (χ3v) is 18.7. The number of unbranched alkanes of at least 4 members (excludes halogenated alkanes) is 31. The lowest BCUT2D eigenvalue weighted by Gasteiger charge is -2.21. The summed E-state index contributed by atoms with van der Waals surface area (Å²) in [6, 6.07) is 0. The molecule has 0 aromatic heterocycles. The van der Waals surface area contributed by atoms with Gasteiger partial charge in [0.15, 0.2) is 6.10 Å². The van der Waals surface area contributed by atoms with Crippen LogP contribution in [-0.2, 0) is 55.8 Å². The van der Waals surface area contributed by atoms with Crippen LogP contribution in [0.25, 0.3) is 0 Å². The molecule has 0 aliphatic heterocycles. The molecule has 0 saturated carbocycles. The van der Waals surface area contributed by atoms with E-state index < -0.39 is 91.5 Å². The number of allylic oxidation sites excluding steroid dienone is 22. The Labute approximate surface area is 626 Å². The van der Waals surface area contributed by atoms with E-state index in [-0.39, 0.29) is 19.3 Å². The Kier molecular flexibility index (Phi) is 74.1. The van der Waals surface area contributed by atoms with E-state index in [0.717, 1.165) is 154 Å². The number of phosphoric ester groups is 2. The van der Waals surface area contributed by atoms with Crippen molar-refractivity contribution in [1.29, 1.82) is 0 Å². The van der Waals surface area contributed by atoms with Gasteiger partial charge in [-0.2, -0.15) is 0 Å². The minimum absolute atomic E-state index is 0.0876. The zero-order valence-electron chi connectivity index (χ0n) is 64.7. The van der Waals surface area contributed by atoms with Gasteiger partial charge < -0.3 is 34.2 Å². The van der Waals surface area contributed by atoms with Crippen molar-refractivity contribution in [3.05, 3.63) is 134 Å². The summed E-state index contributed by atoms with van der Waals surface area (Å²) in [5, 5.41) is 20.6. The molecule has 0 aliphatic rings. The average molecular weight is 1490 g/mol. The Bertz CT molecular complexity index is 2410. The summed E-state index contributed by atoms with van der Waals surface area (Å²) in [5.74, 6) is -1.60. The lowest BCUT2D eigenvalue weighted by molar-refractivity contribution is -0.161. The van der Waals surface area contributed by atoms with Crippen LogP contribution in [0.1, 0.15) is 329 Å². The van der Waals surface area contributed by atoms with Crippen LogP contribution in [0.15, 0.2) is 134 Å². The smallest absolute Gasteiger partial charge is 0.463 e. The molecule has 18 heteroatoms.